The molecule has 2 aromatic rings. The van der Waals surface area contributed by atoms with Gasteiger partial charge in [0.05, 0.1) is 16.1 Å². The number of carbonyl (C=O) groups excluding carboxylic acids is 1. The molecule has 1 aromatic carbocycles. The number of benzene rings is 1. The minimum absolute atomic E-state index is 0.179. The zero-order valence-electron chi connectivity index (χ0n) is 9.53. The van der Waals surface area contributed by atoms with E-state index in [1.165, 1.54) is 11.3 Å². The van der Waals surface area contributed by atoms with E-state index < -0.39 is 0 Å². The molecule has 2 rings (SSSR count). The fourth-order valence-electron chi connectivity index (χ4n) is 1.50. The number of rotatable bonds is 2. The Labute approximate surface area is 117 Å². The molecule has 1 heterocycles. The number of anilines is 1. The summed E-state index contributed by atoms with van der Waals surface area (Å²) in [6.45, 7) is 1.89. The van der Waals surface area contributed by atoms with E-state index >= 15 is 0 Å². The molecule has 0 saturated heterocycles. The number of aryl methyl sites for hydroxylation is 1. The molecule has 0 bridgehead atoms. The molecule has 0 aliphatic carbocycles. The average Bonchev–Trinajstić information content (AvgIpc) is 2.77. The van der Waals surface area contributed by atoms with Gasteiger partial charge in [-0.05, 0) is 42.1 Å². The Hall–Kier alpha value is -1.64. The van der Waals surface area contributed by atoms with Crippen LogP contribution in [-0.4, -0.2) is 5.91 Å². The van der Waals surface area contributed by atoms with Gasteiger partial charge >= 0.3 is 0 Å². The molecule has 0 saturated carbocycles. The summed E-state index contributed by atoms with van der Waals surface area (Å²) in [6.07, 6.45) is 0. The molecule has 3 nitrogen and oxygen atoms in total. The number of hydrogen-bond donors (Lipinski definition) is 1. The lowest BCUT2D eigenvalue weighted by Gasteiger charge is -2.06. The summed E-state index contributed by atoms with van der Waals surface area (Å²) in [4.78, 5) is 12.7. The first-order valence-corrected chi connectivity index (χ1v) is 6.84. The van der Waals surface area contributed by atoms with E-state index in [0.29, 0.717) is 16.1 Å². The highest BCUT2D eigenvalue weighted by atomic mass is 79.9. The van der Waals surface area contributed by atoms with E-state index in [1.807, 2.05) is 18.4 Å². The maximum absolute atomic E-state index is 12.0. The third kappa shape index (κ3) is 2.61. The lowest BCUT2D eigenvalue weighted by atomic mass is 10.2. The number of thiophene rings is 1. The van der Waals surface area contributed by atoms with Crippen molar-refractivity contribution in [2.45, 2.75) is 6.92 Å². The molecule has 1 amide bonds. The Balaban J connectivity index is 2.28. The number of amides is 1. The van der Waals surface area contributed by atoms with Crippen molar-refractivity contribution in [1.82, 2.24) is 0 Å². The van der Waals surface area contributed by atoms with Crippen LogP contribution >= 0.6 is 27.3 Å². The highest BCUT2D eigenvalue weighted by Crippen LogP contribution is 2.22. The highest BCUT2D eigenvalue weighted by Gasteiger charge is 2.12. The van der Waals surface area contributed by atoms with Gasteiger partial charge < -0.3 is 5.32 Å². The summed E-state index contributed by atoms with van der Waals surface area (Å²) in [5.74, 6) is -0.179. The molecule has 18 heavy (non-hydrogen) atoms. The Morgan fingerprint density at radius 2 is 2.22 bits per heavy atom. The topological polar surface area (TPSA) is 52.9 Å². The van der Waals surface area contributed by atoms with E-state index in [0.717, 1.165) is 10.0 Å². The molecule has 0 aliphatic heterocycles. The van der Waals surface area contributed by atoms with Gasteiger partial charge in [0.2, 0.25) is 0 Å². The van der Waals surface area contributed by atoms with Crippen LogP contribution in [0.3, 0.4) is 0 Å². The van der Waals surface area contributed by atoms with Crippen molar-refractivity contribution in [1.29, 1.82) is 5.26 Å². The van der Waals surface area contributed by atoms with Crippen LogP contribution in [0.15, 0.2) is 34.1 Å². The van der Waals surface area contributed by atoms with Gasteiger partial charge in [0, 0.05) is 4.47 Å². The zero-order valence-corrected chi connectivity index (χ0v) is 11.9. The van der Waals surface area contributed by atoms with E-state index in [9.17, 15) is 4.79 Å². The number of nitrogens with zero attached hydrogens (tertiary/aromatic N) is 1. The molecule has 1 N–H and O–H groups in total. The normalized spacial score (nSPS) is 9.83. The predicted octanol–water partition coefficient (Wildman–Crippen LogP) is 3.94. The van der Waals surface area contributed by atoms with Gasteiger partial charge in [-0.2, -0.15) is 5.26 Å². The fourth-order valence-corrected chi connectivity index (χ4v) is 2.68. The van der Waals surface area contributed by atoms with Crippen molar-refractivity contribution >= 4 is 38.9 Å². The molecule has 0 unspecified atom stereocenters. The molecular weight excluding hydrogens is 312 g/mol. The number of hydrogen-bond acceptors (Lipinski definition) is 3. The molecule has 0 aliphatic rings. The molecule has 90 valence electrons. The standard InChI is InChI=1S/C13H9BrN2OS/c1-8-4-5-18-12(8)13(17)16-11-3-2-10(14)6-9(11)7-15/h2-6H,1H3,(H,16,17). The first-order chi connectivity index (χ1) is 8.61. The second-order valence-corrected chi connectivity index (χ2v) is 5.52. The number of carbonyl (C=O) groups is 1. The molecular formula is C13H9BrN2OS. The van der Waals surface area contributed by atoms with Crippen molar-refractivity contribution in [2.75, 3.05) is 5.32 Å². The summed E-state index contributed by atoms with van der Waals surface area (Å²) in [5, 5.41) is 13.7. The van der Waals surface area contributed by atoms with Crippen molar-refractivity contribution in [3.63, 3.8) is 0 Å². The first-order valence-electron chi connectivity index (χ1n) is 5.17. The lowest BCUT2D eigenvalue weighted by Crippen LogP contribution is -2.12. The molecule has 0 spiro atoms. The smallest absolute Gasteiger partial charge is 0.266 e. The van der Waals surface area contributed by atoms with Crippen LogP contribution in [0.1, 0.15) is 20.8 Å². The predicted molar refractivity (Wildman–Crippen MR) is 75.9 cm³/mol. The maximum atomic E-state index is 12.0. The second-order valence-electron chi connectivity index (χ2n) is 3.69. The van der Waals surface area contributed by atoms with Gasteiger partial charge in [0.25, 0.3) is 5.91 Å². The van der Waals surface area contributed by atoms with Crippen molar-refractivity contribution in [3.8, 4) is 6.07 Å². The lowest BCUT2D eigenvalue weighted by molar-refractivity contribution is 0.103. The summed E-state index contributed by atoms with van der Waals surface area (Å²) >= 11 is 4.68. The third-order valence-electron chi connectivity index (χ3n) is 2.42. The quantitative estimate of drug-likeness (QED) is 0.911. The Kier molecular flexibility index (Phi) is 3.80. The van der Waals surface area contributed by atoms with Gasteiger partial charge in [-0.15, -0.1) is 11.3 Å². The SMILES string of the molecule is Cc1ccsc1C(=O)Nc1ccc(Br)cc1C#N. The van der Waals surface area contributed by atoms with Gasteiger partial charge in [-0.25, -0.2) is 0 Å². The minimum atomic E-state index is -0.179. The van der Waals surface area contributed by atoms with Crippen molar-refractivity contribution in [2.24, 2.45) is 0 Å². The van der Waals surface area contributed by atoms with Gasteiger partial charge in [-0.3, -0.25) is 4.79 Å². The number of halogens is 1. The summed E-state index contributed by atoms with van der Waals surface area (Å²) in [6, 6.07) is 9.13. The largest absolute Gasteiger partial charge is 0.320 e. The Morgan fingerprint density at radius 3 is 2.83 bits per heavy atom. The zero-order chi connectivity index (χ0) is 13.1. The van der Waals surface area contributed by atoms with Gasteiger partial charge in [-0.1, -0.05) is 15.9 Å². The van der Waals surface area contributed by atoms with Crippen molar-refractivity contribution in [3.05, 3.63) is 50.1 Å². The first kappa shape index (κ1) is 12.8. The summed E-state index contributed by atoms with van der Waals surface area (Å²) < 4.78 is 0.810. The Bertz CT molecular complexity index is 643. The highest BCUT2D eigenvalue weighted by molar-refractivity contribution is 9.10. The third-order valence-corrected chi connectivity index (χ3v) is 3.93. The molecule has 1 aromatic heterocycles. The van der Waals surface area contributed by atoms with Crippen LogP contribution in [0.25, 0.3) is 0 Å². The number of nitrogens with one attached hydrogen (secondary N) is 1. The molecule has 0 radical (unpaired) electrons. The minimum Gasteiger partial charge on any atom is -0.320 e. The van der Waals surface area contributed by atoms with E-state index in [1.54, 1.807) is 18.2 Å². The van der Waals surface area contributed by atoms with Crippen LogP contribution in [-0.2, 0) is 0 Å². The monoisotopic (exact) mass is 320 g/mol. The Morgan fingerprint density at radius 1 is 1.44 bits per heavy atom. The van der Waals surface area contributed by atoms with Gasteiger partial charge in [0.15, 0.2) is 0 Å². The van der Waals surface area contributed by atoms with Crippen LogP contribution in [0, 0.1) is 18.3 Å². The molecule has 5 heteroatoms. The van der Waals surface area contributed by atoms with Crippen LogP contribution in [0.4, 0.5) is 5.69 Å². The number of nitriles is 1. The average molecular weight is 321 g/mol. The molecule has 0 atom stereocenters. The summed E-state index contributed by atoms with van der Waals surface area (Å²) in [5.41, 5.74) is 1.90. The summed E-state index contributed by atoms with van der Waals surface area (Å²) in [7, 11) is 0. The maximum Gasteiger partial charge on any atom is 0.266 e. The molecule has 0 fully saturated rings. The van der Waals surface area contributed by atoms with Crippen LogP contribution in [0.2, 0.25) is 0 Å². The van der Waals surface area contributed by atoms with Crippen molar-refractivity contribution < 1.29 is 4.79 Å². The fraction of sp³-hybridized carbons (Fsp3) is 0.0769. The van der Waals surface area contributed by atoms with Gasteiger partial charge in [0.1, 0.15) is 6.07 Å². The van der Waals surface area contributed by atoms with E-state index in [4.69, 9.17) is 5.26 Å². The van der Waals surface area contributed by atoms with E-state index in [2.05, 4.69) is 27.3 Å². The van der Waals surface area contributed by atoms with Crippen LogP contribution in [0.5, 0.6) is 0 Å². The van der Waals surface area contributed by atoms with E-state index in [-0.39, 0.29) is 5.91 Å². The van der Waals surface area contributed by atoms with Crippen LogP contribution < -0.4 is 5.32 Å². The second kappa shape index (κ2) is 5.34.